The molecule has 2 aromatic carbocycles. The minimum atomic E-state index is 0.698. The highest BCUT2D eigenvalue weighted by Crippen LogP contribution is 2.39. The van der Waals surface area contributed by atoms with Gasteiger partial charge in [-0.3, -0.25) is 0 Å². The number of nitrogens with one attached hydrogen (secondary N) is 2. The summed E-state index contributed by atoms with van der Waals surface area (Å²) in [6, 6.07) is 12.8. The molecule has 2 N–H and O–H groups in total. The molecule has 25 heavy (non-hydrogen) atoms. The van der Waals surface area contributed by atoms with Gasteiger partial charge >= 0.3 is 0 Å². The average Bonchev–Trinajstić information content (AvgIpc) is 2.99. The molecule has 0 saturated carbocycles. The van der Waals surface area contributed by atoms with Gasteiger partial charge in [-0.2, -0.15) is 0 Å². The largest absolute Gasteiger partial charge is 0.492 e. The molecule has 134 valence electrons. The Hall–Kier alpha value is -2.04. The molecule has 0 saturated heterocycles. The van der Waals surface area contributed by atoms with E-state index >= 15 is 0 Å². The summed E-state index contributed by atoms with van der Waals surface area (Å²) in [6.07, 6.45) is 0.944. The second-order valence-electron chi connectivity index (χ2n) is 6.22. The molecular formula is C21H28N2O2. The molecule has 2 aromatic rings. The number of hydrogen-bond donors (Lipinski definition) is 2. The third kappa shape index (κ3) is 4.53. The smallest absolute Gasteiger partial charge is 0.119 e. The summed E-state index contributed by atoms with van der Waals surface area (Å²) in [5.74, 6) is 1.90. The van der Waals surface area contributed by atoms with Crippen LogP contribution in [0.5, 0.6) is 11.5 Å². The van der Waals surface area contributed by atoms with Gasteiger partial charge in [0.25, 0.3) is 0 Å². The van der Waals surface area contributed by atoms with E-state index in [4.69, 9.17) is 9.47 Å². The van der Waals surface area contributed by atoms with E-state index in [0.29, 0.717) is 13.2 Å². The highest BCUT2D eigenvalue weighted by molar-refractivity contribution is 5.78. The molecule has 0 aromatic heterocycles. The van der Waals surface area contributed by atoms with E-state index in [1.807, 2.05) is 0 Å². The van der Waals surface area contributed by atoms with Crippen molar-refractivity contribution in [2.24, 2.45) is 0 Å². The molecule has 0 fully saturated rings. The van der Waals surface area contributed by atoms with Crippen LogP contribution in [0.1, 0.15) is 25.0 Å². The first-order valence-electron chi connectivity index (χ1n) is 9.25. The zero-order chi connectivity index (χ0) is 17.5. The lowest BCUT2D eigenvalue weighted by atomic mass is 10.1. The van der Waals surface area contributed by atoms with Crippen molar-refractivity contribution in [3.8, 4) is 22.6 Å². The van der Waals surface area contributed by atoms with Crippen LogP contribution in [0.2, 0.25) is 0 Å². The Morgan fingerprint density at radius 1 is 0.760 bits per heavy atom. The lowest BCUT2D eigenvalue weighted by Crippen LogP contribution is -2.20. The number of ether oxygens (including phenoxy) is 2. The summed E-state index contributed by atoms with van der Waals surface area (Å²) in [6.45, 7) is 9.30. The highest BCUT2D eigenvalue weighted by atomic mass is 16.5. The molecule has 0 atom stereocenters. The number of benzene rings is 2. The molecule has 0 radical (unpaired) electrons. The maximum Gasteiger partial charge on any atom is 0.119 e. The van der Waals surface area contributed by atoms with Crippen molar-refractivity contribution >= 4 is 0 Å². The summed E-state index contributed by atoms with van der Waals surface area (Å²) in [4.78, 5) is 0. The van der Waals surface area contributed by atoms with Crippen LogP contribution < -0.4 is 20.1 Å². The SMILES string of the molecule is CCNCCOc1ccc2c(c1)Cc1cc(OCCNCC)ccc1-2. The van der Waals surface area contributed by atoms with Crippen LogP contribution >= 0.6 is 0 Å². The first kappa shape index (κ1) is 17.8. The second kappa shape index (κ2) is 8.88. The second-order valence-corrected chi connectivity index (χ2v) is 6.22. The Morgan fingerprint density at radius 2 is 1.24 bits per heavy atom. The van der Waals surface area contributed by atoms with E-state index in [1.165, 1.54) is 22.3 Å². The van der Waals surface area contributed by atoms with Crippen LogP contribution in [-0.4, -0.2) is 39.4 Å². The monoisotopic (exact) mass is 340 g/mol. The summed E-state index contributed by atoms with van der Waals surface area (Å²) in [5.41, 5.74) is 5.29. The van der Waals surface area contributed by atoms with Gasteiger partial charge in [0, 0.05) is 13.1 Å². The fourth-order valence-corrected chi connectivity index (χ4v) is 3.18. The normalized spacial score (nSPS) is 11.9. The van der Waals surface area contributed by atoms with Gasteiger partial charge < -0.3 is 20.1 Å². The fraction of sp³-hybridized carbons (Fsp3) is 0.429. The summed E-state index contributed by atoms with van der Waals surface area (Å²) in [5, 5.41) is 6.54. The van der Waals surface area contributed by atoms with Crippen molar-refractivity contribution in [1.29, 1.82) is 0 Å². The van der Waals surface area contributed by atoms with Gasteiger partial charge in [0.05, 0.1) is 0 Å². The average molecular weight is 340 g/mol. The van der Waals surface area contributed by atoms with Gasteiger partial charge in [-0.15, -0.1) is 0 Å². The molecular weight excluding hydrogens is 312 g/mol. The van der Waals surface area contributed by atoms with Crippen LogP contribution in [-0.2, 0) is 6.42 Å². The maximum atomic E-state index is 5.84. The molecule has 0 bridgehead atoms. The van der Waals surface area contributed by atoms with Crippen molar-refractivity contribution in [3.63, 3.8) is 0 Å². The van der Waals surface area contributed by atoms with Gasteiger partial charge in [-0.25, -0.2) is 0 Å². The van der Waals surface area contributed by atoms with Crippen molar-refractivity contribution in [3.05, 3.63) is 47.5 Å². The topological polar surface area (TPSA) is 42.5 Å². The van der Waals surface area contributed by atoms with E-state index in [-0.39, 0.29) is 0 Å². The maximum absolute atomic E-state index is 5.84. The molecule has 3 rings (SSSR count). The van der Waals surface area contributed by atoms with Crippen molar-refractivity contribution < 1.29 is 9.47 Å². The number of rotatable bonds is 10. The van der Waals surface area contributed by atoms with Crippen molar-refractivity contribution in [2.45, 2.75) is 20.3 Å². The van der Waals surface area contributed by atoms with Crippen molar-refractivity contribution in [2.75, 3.05) is 39.4 Å². The molecule has 0 aliphatic heterocycles. The number of fused-ring (bicyclic) bond motifs is 3. The van der Waals surface area contributed by atoms with Crippen LogP contribution in [0.25, 0.3) is 11.1 Å². The van der Waals surface area contributed by atoms with E-state index in [9.17, 15) is 0 Å². The Kier molecular flexibility index (Phi) is 6.31. The predicted molar refractivity (Wildman–Crippen MR) is 103 cm³/mol. The molecule has 4 heteroatoms. The van der Waals surface area contributed by atoms with Gasteiger partial charge in [0.15, 0.2) is 0 Å². The van der Waals surface area contributed by atoms with Gasteiger partial charge in [-0.1, -0.05) is 26.0 Å². The molecule has 0 unspecified atom stereocenters. The molecule has 0 amide bonds. The summed E-state index contributed by atoms with van der Waals surface area (Å²) >= 11 is 0. The number of likely N-dealkylation sites (N-methyl/N-ethyl adjacent to an activating group) is 2. The van der Waals surface area contributed by atoms with E-state index in [2.05, 4.69) is 60.9 Å². The third-order valence-electron chi connectivity index (χ3n) is 4.42. The first-order chi connectivity index (χ1) is 12.3. The van der Waals surface area contributed by atoms with Gasteiger partial charge in [0.2, 0.25) is 0 Å². The Balaban J connectivity index is 1.63. The zero-order valence-electron chi connectivity index (χ0n) is 15.2. The quantitative estimate of drug-likeness (QED) is 0.556. The lowest BCUT2D eigenvalue weighted by Gasteiger charge is -2.09. The summed E-state index contributed by atoms with van der Waals surface area (Å²) < 4.78 is 11.7. The third-order valence-corrected chi connectivity index (χ3v) is 4.42. The van der Waals surface area contributed by atoms with Crippen LogP contribution in [0.3, 0.4) is 0 Å². The zero-order valence-corrected chi connectivity index (χ0v) is 15.2. The lowest BCUT2D eigenvalue weighted by molar-refractivity contribution is 0.315. The Labute approximate surface area is 150 Å². The van der Waals surface area contributed by atoms with E-state index in [1.54, 1.807) is 0 Å². The summed E-state index contributed by atoms with van der Waals surface area (Å²) in [7, 11) is 0. The first-order valence-corrected chi connectivity index (χ1v) is 9.25. The Morgan fingerprint density at radius 3 is 1.68 bits per heavy atom. The molecule has 0 heterocycles. The van der Waals surface area contributed by atoms with E-state index in [0.717, 1.165) is 44.1 Å². The highest BCUT2D eigenvalue weighted by Gasteiger charge is 2.19. The molecule has 1 aliphatic carbocycles. The molecule has 1 aliphatic rings. The number of hydrogen-bond acceptors (Lipinski definition) is 4. The van der Waals surface area contributed by atoms with Gasteiger partial charge in [0.1, 0.15) is 24.7 Å². The fourth-order valence-electron chi connectivity index (χ4n) is 3.18. The van der Waals surface area contributed by atoms with E-state index < -0.39 is 0 Å². The minimum Gasteiger partial charge on any atom is -0.492 e. The molecule has 0 spiro atoms. The van der Waals surface area contributed by atoms with Crippen LogP contribution in [0.4, 0.5) is 0 Å². The van der Waals surface area contributed by atoms with Crippen LogP contribution in [0.15, 0.2) is 36.4 Å². The van der Waals surface area contributed by atoms with Crippen molar-refractivity contribution in [1.82, 2.24) is 10.6 Å². The Bertz CT molecular complexity index is 641. The predicted octanol–water partition coefficient (Wildman–Crippen LogP) is 3.23. The minimum absolute atomic E-state index is 0.698. The van der Waals surface area contributed by atoms with Gasteiger partial charge in [-0.05, 0) is 66.0 Å². The standard InChI is InChI=1S/C21H28N2O2/c1-3-22-9-11-24-18-5-7-20-16(14-18)13-17-15-19(6-8-21(17)20)25-12-10-23-4-2/h5-8,14-15,22-23H,3-4,9-13H2,1-2H3. The van der Waals surface area contributed by atoms with Crippen LogP contribution in [0, 0.1) is 0 Å². The molecule has 4 nitrogen and oxygen atoms in total.